The minimum absolute atomic E-state index is 0.00935. The van der Waals surface area contributed by atoms with Gasteiger partial charge in [-0.05, 0) is 103 Å². The summed E-state index contributed by atoms with van der Waals surface area (Å²) in [5.41, 5.74) is 10.8. The first-order valence-electron chi connectivity index (χ1n) is 15.0. The van der Waals surface area contributed by atoms with E-state index in [4.69, 9.17) is 24.7 Å². The van der Waals surface area contributed by atoms with Crippen molar-refractivity contribution in [3.8, 4) is 28.7 Å². The highest BCUT2D eigenvalue weighted by molar-refractivity contribution is 6.03. The van der Waals surface area contributed by atoms with Crippen molar-refractivity contribution in [1.29, 1.82) is 0 Å². The number of anilines is 1. The monoisotopic (exact) mass is 627 g/mol. The molecule has 8 nitrogen and oxygen atoms in total. The number of aromatic hydroxyl groups is 1. The first kappa shape index (κ1) is 32.3. The Balaban J connectivity index is 0.000000181. The number of carbonyl (C=O) groups excluding carboxylic acids is 2. The molecule has 0 spiro atoms. The molecular formula is C37H38FNO7. The van der Waals surface area contributed by atoms with Crippen LogP contribution in [0.5, 0.6) is 28.7 Å². The molecule has 0 bridgehead atoms. The molecule has 2 fully saturated rings. The molecule has 4 aromatic carbocycles. The summed E-state index contributed by atoms with van der Waals surface area (Å²) < 4.78 is 34.1. The van der Waals surface area contributed by atoms with E-state index >= 15 is 0 Å². The highest BCUT2D eigenvalue weighted by Crippen LogP contribution is 2.51. The Bertz CT molecular complexity index is 1640. The summed E-state index contributed by atoms with van der Waals surface area (Å²) in [6.07, 6.45) is 1.52. The Kier molecular flexibility index (Phi) is 9.51. The summed E-state index contributed by atoms with van der Waals surface area (Å²) in [6, 6.07) is 20.7. The van der Waals surface area contributed by atoms with E-state index in [1.54, 1.807) is 56.7 Å². The number of aryl methyl sites for hydroxylation is 1. The van der Waals surface area contributed by atoms with E-state index in [0.29, 0.717) is 40.5 Å². The van der Waals surface area contributed by atoms with Gasteiger partial charge in [0, 0.05) is 17.5 Å². The first-order valence-corrected chi connectivity index (χ1v) is 15.0. The molecule has 0 aromatic heterocycles. The van der Waals surface area contributed by atoms with Gasteiger partial charge in [0.2, 0.25) is 0 Å². The molecule has 4 atom stereocenters. The van der Waals surface area contributed by atoms with Gasteiger partial charge in [0.15, 0.2) is 23.1 Å². The molecule has 0 saturated heterocycles. The molecule has 3 N–H and O–H groups in total. The number of benzene rings is 4. The topological polar surface area (TPSA) is 117 Å². The summed E-state index contributed by atoms with van der Waals surface area (Å²) in [4.78, 5) is 25.5. The van der Waals surface area contributed by atoms with Gasteiger partial charge in [0.1, 0.15) is 23.0 Å². The van der Waals surface area contributed by atoms with E-state index in [1.165, 1.54) is 26.4 Å². The van der Waals surface area contributed by atoms with E-state index in [1.807, 2.05) is 19.1 Å². The Morgan fingerprint density at radius 1 is 0.696 bits per heavy atom. The lowest BCUT2D eigenvalue weighted by atomic mass is 10.0. The van der Waals surface area contributed by atoms with Crippen LogP contribution in [-0.4, -0.2) is 45.1 Å². The number of ketones is 2. The van der Waals surface area contributed by atoms with Crippen LogP contribution in [0, 0.1) is 24.6 Å². The Morgan fingerprint density at radius 2 is 1.17 bits per heavy atom. The van der Waals surface area contributed by atoms with Gasteiger partial charge in [0.05, 0.1) is 39.6 Å². The maximum Gasteiger partial charge on any atom is 0.170 e. The first-order chi connectivity index (χ1) is 22.1. The van der Waals surface area contributed by atoms with Crippen LogP contribution < -0.4 is 24.7 Å². The third-order valence-corrected chi connectivity index (χ3v) is 8.73. The maximum atomic E-state index is 13.1. The molecule has 0 aliphatic heterocycles. The molecule has 240 valence electrons. The van der Waals surface area contributed by atoms with Crippen LogP contribution in [-0.2, 0) is 0 Å². The van der Waals surface area contributed by atoms with Gasteiger partial charge in [-0.15, -0.1) is 0 Å². The largest absolute Gasteiger partial charge is 0.505 e. The lowest BCUT2D eigenvalue weighted by Crippen LogP contribution is -2.06. The number of nitrogen functional groups attached to an aromatic ring is 1. The van der Waals surface area contributed by atoms with Crippen molar-refractivity contribution in [1.82, 2.24) is 0 Å². The Labute approximate surface area is 267 Å². The summed E-state index contributed by atoms with van der Waals surface area (Å²) in [7, 11) is 6.22. The van der Waals surface area contributed by atoms with Crippen molar-refractivity contribution in [2.24, 2.45) is 11.8 Å². The minimum atomic E-state index is -0.660. The van der Waals surface area contributed by atoms with E-state index in [2.05, 4.69) is 6.07 Å². The summed E-state index contributed by atoms with van der Waals surface area (Å²) in [6.45, 7) is 1.98. The number of hydrogen-bond acceptors (Lipinski definition) is 8. The zero-order chi connectivity index (χ0) is 33.1. The van der Waals surface area contributed by atoms with Crippen LogP contribution >= 0.6 is 0 Å². The second-order valence-electron chi connectivity index (χ2n) is 11.6. The van der Waals surface area contributed by atoms with Crippen LogP contribution in [0.2, 0.25) is 0 Å². The smallest absolute Gasteiger partial charge is 0.170 e. The number of nitrogens with two attached hydrogens (primary N) is 1. The fourth-order valence-corrected chi connectivity index (χ4v) is 5.77. The molecule has 0 amide bonds. The third kappa shape index (κ3) is 6.78. The zero-order valence-corrected chi connectivity index (χ0v) is 26.5. The molecule has 0 heterocycles. The number of ether oxygens (including phenoxy) is 4. The average Bonchev–Trinajstić information content (AvgIpc) is 4.01. The number of rotatable bonds is 10. The van der Waals surface area contributed by atoms with Crippen LogP contribution in [0.3, 0.4) is 0 Å². The van der Waals surface area contributed by atoms with Gasteiger partial charge in [0.25, 0.3) is 0 Å². The van der Waals surface area contributed by atoms with Crippen molar-refractivity contribution < 1.29 is 38.0 Å². The second-order valence-corrected chi connectivity index (χ2v) is 11.6. The minimum Gasteiger partial charge on any atom is -0.505 e. The van der Waals surface area contributed by atoms with Crippen LogP contribution in [0.4, 0.5) is 10.1 Å². The number of carbonyl (C=O) groups is 2. The fraction of sp³-hybridized carbons (Fsp3) is 0.297. The molecule has 4 unspecified atom stereocenters. The SMILES string of the molecule is COc1ccc(OC)c(C(=O)C2CC2c2ccc(C)c(N)c2)c1.COc1ccc(OC)c(C(=O)C2CC2c2ccc(F)c(O)c2)c1. The van der Waals surface area contributed by atoms with Crippen LogP contribution in [0.15, 0.2) is 72.8 Å². The molecule has 2 aliphatic rings. The molecule has 2 saturated carbocycles. The lowest BCUT2D eigenvalue weighted by Gasteiger charge is -2.10. The third-order valence-electron chi connectivity index (χ3n) is 8.73. The van der Waals surface area contributed by atoms with Crippen LogP contribution in [0.1, 0.15) is 62.1 Å². The number of Topliss-reactive ketones (excluding diaryl/α,β-unsaturated/α-hetero) is 2. The molecule has 0 radical (unpaired) electrons. The van der Waals surface area contributed by atoms with Gasteiger partial charge in [-0.2, -0.15) is 0 Å². The number of halogens is 1. The standard InChI is InChI=1S/C19H21NO3.C18H17FO4/c1-11-4-5-12(8-17(11)20)14-10-15(14)19(21)16-9-13(22-2)6-7-18(16)23-3;1-22-11-4-6-17(23-2)14(8-11)18(21)13-9-12(13)10-3-5-15(19)16(20)7-10/h4-9,14-15H,10,20H2,1-3H3;3-8,12-13,20H,9H2,1-2H3. The molecular weight excluding hydrogens is 589 g/mol. The van der Waals surface area contributed by atoms with Gasteiger partial charge in [-0.3, -0.25) is 9.59 Å². The Morgan fingerprint density at radius 3 is 1.61 bits per heavy atom. The Hall–Kier alpha value is -5.05. The fourth-order valence-electron chi connectivity index (χ4n) is 5.77. The van der Waals surface area contributed by atoms with E-state index in [-0.39, 0.29) is 41.0 Å². The highest BCUT2D eigenvalue weighted by atomic mass is 19.1. The normalized spacial score (nSPS) is 19.3. The molecule has 46 heavy (non-hydrogen) atoms. The van der Waals surface area contributed by atoms with Crippen molar-refractivity contribution in [2.75, 3.05) is 34.2 Å². The van der Waals surface area contributed by atoms with Crippen molar-refractivity contribution in [3.63, 3.8) is 0 Å². The average molecular weight is 628 g/mol. The lowest BCUT2D eigenvalue weighted by molar-refractivity contribution is 0.0954. The number of methoxy groups -OCH3 is 4. The van der Waals surface area contributed by atoms with Gasteiger partial charge in [-0.1, -0.05) is 18.2 Å². The molecule has 2 aliphatic carbocycles. The zero-order valence-electron chi connectivity index (χ0n) is 26.5. The molecule has 4 aromatic rings. The van der Waals surface area contributed by atoms with Gasteiger partial charge < -0.3 is 29.8 Å². The van der Waals surface area contributed by atoms with Crippen molar-refractivity contribution >= 4 is 17.3 Å². The second kappa shape index (κ2) is 13.5. The molecule has 9 heteroatoms. The summed E-state index contributed by atoms with van der Waals surface area (Å²) >= 11 is 0. The quantitative estimate of drug-likeness (QED) is 0.141. The van der Waals surface area contributed by atoms with Crippen LogP contribution in [0.25, 0.3) is 0 Å². The highest BCUT2D eigenvalue weighted by Gasteiger charge is 2.46. The van der Waals surface area contributed by atoms with E-state index in [0.717, 1.165) is 28.8 Å². The predicted octanol–water partition coefficient (Wildman–Crippen LogP) is 7.12. The van der Waals surface area contributed by atoms with Crippen molar-refractivity contribution in [2.45, 2.75) is 31.6 Å². The summed E-state index contributed by atoms with van der Waals surface area (Å²) in [5.74, 6) is 1.38. The van der Waals surface area contributed by atoms with Gasteiger partial charge >= 0.3 is 0 Å². The number of hydrogen-bond donors (Lipinski definition) is 2. The van der Waals surface area contributed by atoms with E-state index in [9.17, 15) is 19.1 Å². The van der Waals surface area contributed by atoms with Gasteiger partial charge in [-0.25, -0.2) is 4.39 Å². The predicted molar refractivity (Wildman–Crippen MR) is 173 cm³/mol. The number of phenols is 1. The van der Waals surface area contributed by atoms with E-state index < -0.39 is 5.82 Å². The molecule has 6 rings (SSSR count). The van der Waals surface area contributed by atoms with Crippen molar-refractivity contribution in [3.05, 3.63) is 106 Å². The number of phenolic OH excluding ortho intramolecular Hbond substituents is 1. The summed E-state index contributed by atoms with van der Waals surface area (Å²) in [5, 5.41) is 9.47. The maximum absolute atomic E-state index is 13.1.